The lowest BCUT2D eigenvalue weighted by molar-refractivity contribution is -0.185. The van der Waals surface area contributed by atoms with E-state index in [1.165, 1.54) is 11.9 Å². The van der Waals surface area contributed by atoms with E-state index in [2.05, 4.69) is 0 Å². The van der Waals surface area contributed by atoms with E-state index in [4.69, 9.17) is 14.2 Å². The number of amides is 3. The molecular formula is C33H38N2O8. The molecular weight excluding hydrogens is 552 g/mol. The number of carbonyl (C=O) groups is 5. The molecule has 1 heterocycles. The number of likely N-dealkylation sites (N-methyl/N-ethyl adjacent to an activating group) is 1. The molecule has 0 radical (unpaired) electrons. The Kier molecular flexibility index (Phi) is 9.68. The van der Waals surface area contributed by atoms with Gasteiger partial charge in [0.15, 0.2) is 5.41 Å². The average Bonchev–Trinajstić information content (AvgIpc) is 3.59. The molecule has 4 rings (SSSR count). The van der Waals surface area contributed by atoms with Crippen molar-refractivity contribution in [2.45, 2.75) is 58.3 Å². The molecule has 3 amide bonds. The van der Waals surface area contributed by atoms with Gasteiger partial charge in [0.05, 0.1) is 19.6 Å². The molecule has 0 spiro atoms. The van der Waals surface area contributed by atoms with E-state index in [0.717, 1.165) is 30.4 Å². The van der Waals surface area contributed by atoms with Gasteiger partial charge in [0.25, 0.3) is 5.91 Å². The zero-order valence-corrected chi connectivity index (χ0v) is 25.0. The Balaban J connectivity index is 1.80. The fraction of sp³-hybridized carbons (Fsp3) is 0.424. The van der Waals surface area contributed by atoms with Gasteiger partial charge in [-0.3, -0.25) is 24.1 Å². The first-order valence-corrected chi connectivity index (χ1v) is 14.3. The highest BCUT2D eigenvalue weighted by atomic mass is 16.6. The highest BCUT2D eigenvalue weighted by Crippen LogP contribution is 2.42. The second-order valence-corrected chi connectivity index (χ2v) is 11.4. The van der Waals surface area contributed by atoms with Crippen molar-refractivity contribution in [2.75, 3.05) is 20.7 Å². The molecule has 228 valence electrons. The molecule has 1 aliphatic carbocycles. The summed E-state index contributed by atoms with van der Waals surface area (Å²) in [6.45, 7) is 2.06. The molecule has 2 aromatic carbocycles. The third-order valence-electron chi connectivity index (χ3n) is 8.36. The normalized spacial score (nSPS) is 18.1. The predicted octanol–water partition coefficient (Wildman–Crippen LogP) is 4.42. The minimum Gasteiger partial charge on any atom is -0.468 e. The highest BCUT2D eigenvalue weighted by Gasteiger charge is 2.63. The van der Waals surface area contributed by atoms with Crippen LogP contribution >= 0.6 is 0 Å². The van der Waals surface area contributed by atoms with Crippen molar-refractivity contribution in [2.24, 2.45) is 11.3 Å². The van der Waals surface area contributed by atoms with Crippen LogP contribution in [0, 0.1) is 11.3 Å². The van der Waals surface area contributed by atoms with E-state index in [0.29, 0.717) is 17.5 Å². The van der Waals surface area contributed by atoms with Crippen LogP contribution in [-0.4, -0.2) is 65.9 Å². The Bertz CT molecular complexity index is 1390. The molecule has 0 saturated carbocycles. The van der Waals surface area contributed by atoms with Gasteiger partial charge in [-0.15, -0.1) is 0 Å². The molecule has 1 saturated heterocycles. The average molecular weight is 591 g/mol. The summed E-state index contributed by atoms with van der Waals surface area (Å²) in [6, 6.07) is 17.1. The number of hydrogen-bond donors (Lipinski definition) is 0. The number of benzene rings is 2. The van der Waals surface area contributed by atoms with Gasteiger partial charge < -0.3 is 19.1 Å². The molecule has 0 aromatic heterocycles. The fourth-order valence-corrected chi connectivity index (χ4v) is 5.48. The number of nitrogens with zero attached hydrogens (tertiary/aromatic N) is 2. The number of esters is 3. The molecule has 0 bridgehead atoms. The van der Waals surface area contributed by atoms with Crippen LogP contribution in [0.15, 0.2) is 72.3 Å². The van der Waals surface area contributed by atoms with Crippen LogP contribution < -0.4 is 0 Å². The summed E-state index contributed by atoms with van der Waals surface area (Å²) in [4.78, 5) is 71.1. The molecule has 0 N–H and O–H groups in total. The Labute approximate surface area is 251 Å². The maximum atomic E-state index is 14.3. The summed E-state index contributed by atoms with van der Waals surface area (Å²) < 4.78 is 16.6. The van der Waals surface area contributed by atoms with Crippen LogP contribution in [0.5, 0.6) is 0 Å². The SMILES string of the molecule is COC(=O)[C@](CN1C(=O)N(C)C(C)(C)C1=O)(C(=O)OCc1ccccc1)[C@@H](CC1=CCCC1)C(=O)OCc1ccccc1. The molecule has 1 fully saturated rings. The van der Waals surface area contributed by atoms with Gasteiger partial charge in [0, 0.05) is 7.05 Å². The van der Waals surface area contributed by atoms with Gasteiger partial charge in [-0.2, -0.15) is 0 Å². The summed E-state index contributed by atoms with van der Waals surface area (Å²) in [5.41, 5.74) is -1.44. The van der Waals surface area contributed by atoms with Crippen molar-refractivity contribution in [3.63, 3.8) is 0 Å². The predicted molar refractivity (Wildman–Crippen MR) is 156 cm³/mol. The van der Waals surface area contributed by atoms with Gasteiger partial charge in [-0.05, 0) is 50.7 Å². The number of methoxy groups -OCH3 is 1. The van der Waals surface area contributed by atoms with Crippen molar-refractivity contribution >= 4 is 29.8 Å². The first-order valence-electron chi connectivity index (χ1n) is 14.3. The second-order valence-electron chi connectivity index (χ2n) is 11.4. The first kappa shape index (κ1) is 31.5. The zero-order chi connectivity index (χ0) is 31.2. The Morgan fingerprint density at radius 2 is 1.49 bits per heavy atom. The largest absolute Gasteiger partial charge is 0.468 e. The van der Waals surface area contributed by atoms with E-state index in [9.17, 15) is 24.0 Å². The van der Waals surface area contributed by atoms with Crippen molar-refractivity contribution < 1.29 is 38.2 Å². The first-order chi connectivity index (χ1) is 20.5. The van der Waals surface area contributed by atoms with E-state index < -0.39 is 53.3 Å². The summed E-state index contributed by atoms with van der Waals surface area (Å²) in [5, 5.41) is 0. The Hall–Kier alpha value is -4.47. The molecule has 43 heavy (non-hydrogen) atoms. The number of allylic oxidation sites excluding steroid dienone is 2. The molecule has 2 atom stereocenters. The van der Waals surface area contributed by atoms with Crippen LogP contribution in [0.4, 0.5) is 4.79 Å². The molecule has 2 aliphatic rings. The monoisotopic (exact) mass is 590 g/mol. The molecule has 10 nitrogen and oxygen atoms in total. The van der Waals surface area contributed by atoms with Crippen LogP contribution in [0.2, 0.25) is 0 Å². The number of rotatable bonds is 12. The van der Waals surface area contributed by atoms with E-state index in [1.807, 2.05) is 12.1 Å². The molecule has 10 heteroatoms. The maximum absolute atomic E-state index is 14.3. The van der Waals surface area contributed by atoms with Gasteiger partial charge in [0.1, 0.15) is 18.8 Å². The summed E-state index contributed by atoms with van der Waals surface area (Å²) in [6.07, 6.45) is 4.26. The van der Waals surface area contributed by atoms with Crippen molar-refractivity contribution in [3.8, 4) is 0 Å². The van der Waals surface area contributed by atoms with Crippen LogP contribution in [0.1, 0.15) is 50.7 Å². The topological polar surface area (TPSA) is 120 Å². The lowest BCUT2D eigenvalue weighted by Crippen LogP contribution is -2.58. The van der Waals surface area contributed by atoms with Crippen LogP contribution in [-0.2, 0) is 46.6 Å². The van der Waals surface area contributed by atoms with E-state index in [1.54, 1.807) is 68.4 Å². The van der Waals surface area contributed by atoms with Gasteiger partial charge in [-0.1, -0.05) is 72.3 Å². The number of hydrogen-bond acceptors (Lipinski definition) is 8. The van der Waals surface area contributed by atoms with Gasteiger partial charge in [0.2, 0.25) is 0 Å². The Morgan fingerprint density at radius 3 is 1.98 bits per heavy atom. The van der Waals surface area contributed by atoms with Gasteiger partial charge >= 0.3 is 23.9 Å². The minimum absolute atomic E-state index is 0.0153. The minimum atomic E-state index is -2.41. The molecule has 2 aromatic rings. The Morgan fingerprint density at radius 1 is 0.907 bits per heavy atom. The smallest absolute Gasteiger partial charge is 0.327 e. The number of carbonyl (C=O) groups excluding carboxylic acids is 5. The quantitative estimate of drug-likeness (QED) is 0.117. The van der Waals surface area contributed by atoms with Crippen LogP contribution in [0.3, 0.4) is 0 Å². The molecule has 0 unspecified atom stereocenters. The third-order valence-corrected chi connectivity index (χ3v) is 8.36. The summed E-state index contributed by atoms with van der Waals surface area (Å²) in [5.74, 6) is -5.10. The lowest BCUT2D eigenvalue weighted by atomic mass is 9.71. The maximum Gasteiger partial charge on any atom is 0.327 e. The van der Waals surface area contributed by atoms with Crippen molar-refractivity contribution in [1.29, 1.82) is 0 Å². The highest BCUT2D eigenvalue weighted by molar-refractivity contribution is 6.09. The molecule has 1 aliphatic heterocycles. The third kappa shape index (κ3) is 6.48. The fourth-order valence-electron chi connectivity index (χ4n) is 5.48. The van der Waals surface area contributed by atoms with Gasteiger partial charge in [-0.25, -0.2) is 4.79 Å². The number of imide groups is 1. The van der Waals surface area contributed by atoms with E-state index >= 15 is 0 Å². The number of ether oxygens (including phenoxy) is 3. The zero-order valence-electron chi connectivity index (χ0n) is 25.0. The summed E-state index contributed by atoms with van der Waals surface area (Å²) in [7, 11) is 2.55. The second kappa shape index (κ2) is 13.2. The summed E-state index contributed by atoms with van der Waals surface area (Å²) >= 11 is 0. The van der Waals surface area contributed by atoms with Crippen molar-refractivity contribution in [1.82, 2.24) is 9.80 Å². The number of urea groups is 1. The van der Waals surface area contributed by atoms with E-state index in [-0.39, 0.29) is 19.6 Å². The van der Waals surface area contributed by atoms with Crippen molar-refractivity contribution in [3.05, 3.63) is 83.4 Å². The lowest BCUT2D eigenvalue weighted by Gasteiger charge is -2.37. The standard InChI is InChI=1S/C33H38N2O8/c1-32(2)28(37)35(31(40)34(32)3)22-33(29(38)41-4,30(39)43-21-25-17-9-6-10-18-25)26(19-23-13-11-12-14-23)27(36)42-20-24-15-7-5-8-16-24/h5-10,13,15-18,26H,11-12,14,19-22H2,1-4H3/t26-,33+/m0/s1. The van der Waals surface area contributed by atoms with Crippen LogP contribution in [0.25, 0.3) is 0 Å².